The van der Waals surface area contributed by atoms with Crippen LogP contribution in [0, 0.1) is 0 Å². The molecule has 3 N–H and O–H groups in total. The molecule has 0 bridgehead atoms. The number of carbonyl (C=O) groups is 3. The summed E-state index contributed by atoms with van der Waals surface area (Å²) >= 11 is 0. The van der Waals surface area contributed by atoms with E-state index in [0.717, 1.165) is 0 Å². The van der Waals surface area contributed by atoms with E-state index in [4.69, 9.17) is 10.5 Å². The highest BCUT2D eigenvalue weighted by Gasteiger charge is 2.18. The molecule has 0 saturated heterocycles. The number of rotatable bonds is 4. The molecule has 19 heavy (non-hydrogen) atoms. The lowest BCUT2D eigenvalue weighted by Crippen LogP contribution is -2.26. The maximum Gasteiger partial charge on any atom is 0.397 e. The third-order valence-corrected chi connectivity index (χ3v) is 2.20. The van der Waals surface area contributed by atoms with Gasteiger partial charge in [0.05, 0.1) is 25.0 Å². The lowest BCUT2D eigenvalue weighted by atomic mass is 10.1. The van der Waals surface area contributed by atoms with Gasteiger partial charge in [0.1, 0.15) is 5.75 Å². The quantitative estimate of drug-likeness (QED) is 0.601. The van der Waals surface area contributed by atoms with Crippen molar-refractivity contribution in [1.29, 1.82) is 0 Å². The maximum atomic E-state index is 11.5. The highest BCUT2D eigenvalue weighted by Crippen LogP contribution is 2.21. The van der Waals surface area contributed by atoms with Crippen molar-refractivity contribution in [3.05, 3.63) is 23.8 Å². The monoisotopic (exact) mass is 266 g/mol. The fourth-order valence-corrected chi connectivity index (χ4v) is 1.33. The predicted molar refractivity (Wildman–Crippen MR) is 66.8 cm³/mol. The molecule has 0 atom stereocenters. The summed E-state index contributed by atoms with van der Waals surface area (Å²) in [5.41, 5.74) is 5.34. The first-order valence-corrected chi connectivity index (χ1v) is 5.45. The topological polar surface area (TPSA) is 108 Å². The largest absolute Gasteiger partial charge is 0.497 e. The van der Waals surface area contributed by atoms with Crippen LogP contribution < -0.4 is 15.8 Å². The van der Waals surface area contributed by atoms with Crippen molar-refractivity contribution in [2.75, 3.05) is 19.0 Å². The van der Waals surface area contributed by atoms with E-state index < -0.39 is 17.8 Å². The minimum atomic E-state index is -1.03. The van der Waals surface area contributed by atoms with E-state index >= 15 is 0 Å². The van der Waals surface area contributed by atoms with Crippen LogP contribution in [0.25, 0.3) is 0 Å². The molecule has 1 aromatic carbocycles. The van der Waals surface area contributed by atoms with Gasteiger partial charge >= 0.3 is 11.9 Å². The summed E-state index contributed by atoms with van der Waals surface area (Å²) in [6.07, 6.45) is 0. The highest BCUT2D eigenvalue weighted by atomic mass is 16.5. The van der Waals surface area contributed by atoms with Crippen LogP contribution in [0.2, 0.25) is 0 Å². The Bertz CT molecular complexity index is 513. The summed E-state index contributed by atoms with van der Waals surface area (Å²) in [4.78, 5) is 33.9. The average molecular weight is 266 g/mol. The lowest BCUT2D eigenvalue weighted by Gasteiger charge is -2.10. The van der Waals surface area contributed by atoms with Crippen molar-refractivity contribution in [2.45, 2.75) is 6.92 Å². The minimum Gasteiger partial charge on any atom is -0.497 e. The van der Waals surface area contributed by atoms with Gasteiger partial charge in [-0.25, -0.2) is 4.79 Å². The Kier molecular flexibility index (Phi) is 4.87. The van der Waals surface area contributed by atoms with E-state index in [1.807, 2.05) is 0 Å². The third-order valence-electron chi connectivity index (χ3n) is 2.20. The van der Waals surface area contributed by atoms with E-state index in [9.17, 15) is 14.4 Å². The number of benzene rings is 1. The van der Waals surface area contributed by atoms with Gasteiger partial charge in [0.25, 0.3) is 5.91 Å². The highest BCUT2D eigenvalue weighted by molar-refractivity contribution is 6.37. The molecule has 0 fully saturated rings. The van der Waals surface area contributed by atoms with E-state index in [1.165, 1.54) is 25.3 Å². The standard InChI is InChI=1S/C12H14N2O5/c1-3-19-12(17)11(16)14-9-5-4-7(18-2)6-8(9)10(13)15/h4-6H,3H2,1-2H3,(H2,13,15)(H,14,16). The van der Waals surface area contributed by atoms with Gasteiger partial charge in [-0.2, -0.15) is 0 Å². The first kappa shape index (κ1) is 14.5. The molecule has 7 nitrogen and oxygen atoms in total. The fraction of sp³-hybridized carbons (Fsp3) is 0.250. The zero-order valence-electron chi connectivity index (χ0n) is 10.6. The first-order valence-electron chi connectivity index (χ1n) is 5.45. The summed E-state index contributed by atoms with van der Waals surface area (Å²) in [7, 11) is 1.43. The van der Waals surface area contributed by atoms with Crippen LogP contribution in [-0.2, 0) is 14.3 Å². The van der Waals surface area contributed by atoms with Gasteiger partial charge in [0.15, 0.2) is 0 Å². The molecule has 0 heterocycles. The van der Waals surface area contributed by atoms with Gasteiger partial charge in [-0.1, -0.05) is 0 Å². The Morgan fingerprint density at radius 1 is 1.32 bits per heavy atom. The predicted octanol–water partition coefficient (Wildman–Crippen LogP) is 0.296. The van der Waals surface area contributed by atoms with Crippen molar-refractivity contribution in [2.24, 2.45) is 5.73 Å². The summed E-state index contributed by atoms with van der Waals surface area (Å²) in [6, 6.07) is 4.30. The van der Waals surface area contributed by atoms with Crippen molar-refractivity contribution < 1.29 is 23.9 Å². The SMILES string of the molecule is CCOC(=O)C(=O)Nc1ccc(OC)cc1C(N)=O. The third kappa shape index (κ3) is 3.70. The van der Waals surface area contributed by atoms with Crippen molar-refractivity contribution >= 4 is 23.5 Å². The zero-order valence-corrected chi connectivity index (χ0v) is 10.6. The number of carbonyl (C=O) groups excluding carboxylic acids is 3. The van der Waals surface area contributed by atoms with Gasteiger partial charge in [-0.15, -0.1) is 0 Å². The Hall–Kier alpha value is -2.57. The molecule has 102 valence electrons. The Labute approximate surface area is 109 Å². The summed E-state index contributed by atoms with van der Waals surface area (Å²) in [6.45, 7) is 1.66. The molecule has 0 saturated carbocycles. The molecule has 0 radical (unpaired) electrons. The van der Waals surface area contributed by atoms with Gasteiger partial charge in [-0.05, 0) is 25.1 Å². The summed E-state index contributed by atoms with van der Waals surface area (Å²) in [5.74, 6) is -2.36. The van der Waals surface area contributed by atoms with Crippen molar-refractivity contribution in [1.82, 2.24) is 0 Å². The van der Waals surface area contributed by atoms with Gasteiger partial charge in [0, 0.05) is 0 Å². The van der Waals surface area contributed by atoms with Crippen LogP contribution in [0.3, 0.4) is 0 Å². The minimum absolute atomic E-state index is 0.0389. The smallest absolute Gasteiger partial charge is 0.397 e. The molecule has 0 aliphatic heterocycles. The molecule has 1 rings (SSSR count). The molecule has 1 aromatic rings. The number of primary amides is 1. The summed E-state index contributed by atoms with van der Waals surface area (Å²) in [5, 5.41) is 2.26. The van der Waals surface area contributed by atoms with Crippen LogP contribution in [-0.4, -0.2) is 31.5 Å². The van der Waals surface area contributed by atoms with Crippen LogP contribution in [0.1, 0.15) is 17.3 Å². The average Bonchev–Trinajstić information content (AvgIpc) is 2.39. The Morgan fingerprint density at radius 2 is 2.00 bits per heavy atom. The first-order chi connectivity index (χ1) is 8.99. The molecular formula is C12H14N2O5. The Morgan fingerprint density at radius 3 is 2.53 bits per heavy atom. The second-order valence-electron chi connectivity index (χ2n) is 3.45. The van der Waals surface area contributed by atoms with E-state index in [0.29, 0.717) is 5.75 Å². The van der Waals surface area contributed by atoms with Gasteiger partial charge in [-0.3, -0.25) is 9.59 Å². The number of esters is 1. The zero-order chi connectivity index (χ0) is 14.4. The van der Waals surface area contributed by atoms with Crippen LogP contribution in [0.4, 0.5) is 5.69 Å². The number of ether oxygens (including phenoxy) is 2. The number of methoxy groups -OCH3 is 1. The van der Waals surface area contributed by atoms with E-state index in [-0.39, 0.29) is 17.9 Å². The molecule has 0 unspecified atom stereocenters. The molecule has 0 aliphatic carbocycles. The van der Waals surface area contributed by atoms with Crippen LogP contribution >= 0.6 is 0 Å². The number of hydrogen-bond donors (Lipinski definition) is 2. The van der Waals surface area contributed by atoms with E-state index in [2.05, 4.69) is 10.1 Å². The lowest BCUT2D eigenvalue weighted by molar-refractivity contribution is -0.152. The molecular weight excluding hydrogens is 252 g/mol. The number of nitrogens with two attached hydrogens (primary N) is 1. The second-order valence-corrected chi connectivity index (χ2v) is 3.45. The number of anilines is 1. The number of hydrogen-bond acceptors (Lipinski definition) is 5. The van der Waals surface area contributed by atoms with Crippen molar-refractivity contribution in [3.8, 4) is 5.75 Å². The maximum absolute atomic E-state index is 11.5. The van der Waals surface area contributed by atoms with Crippen LogP contribution in [0.15, 0.2) is 18.2 Å². The fourth-order valence-electron chi connectivity index (χ4n) is 1.33. The number of nitrogens with one attached hydrogen (secondary N) is 1. The molecule has 0 aliphatic rings. The molecule has 2 amide bonds. The van der Waals surface area contributed by atoms with Gasteiger partial charge in [0.2, 0.25) is 0 Å². The summed E-state index contributed by atoms with van der Waals surface area (Å²) < 4.78 is 9.47. The Balaban J connectivity index is 2.97. The normalized spacial score (nSPS) is 9.58. The van der Waals surface area contributed by atoms with Crippen LogP contribution in [0.5, 0.6) is 5.75 Å². The van der Waals surface area contributed by atoms with Crippen molar-refractivity contribution in [3.63, 3.8) is 0 Å². The number of amides is 2. The van der Waals surface area contributed by atoms with Gasteiger partial charge < -0.3 is 20.5 Å². The molecule has 7 heteroatoms. The van der Waals surface area contributed by atoms with E-state index in [1.54, 1.807) is 6.92 Å². The molecule has 0 aromatic heterocycles. The molecule has 0 spiro atoms. The second kappa shape index (κ2) is 6.39.